The number of amides is 2. The van der Waals surface area contributed by atoms with E-state index in [1.165, 1.54) is 28.1 Å². The van der Waals surface area contributed by atoms with E-state index in [1.54, 1.807) is 6.92 Å². The van der Waals surface area contributed by atoms with Crippen LogP contribution in [0.4, 0.5) is 0 Å². The fraction of sp³-hybridized carbons (Fsp3) is 0.562. The summed E-state index contributed by atoms with van der Waals surface area (Å²) in [6, 6.07) is -0.0392. The molecule has 0 bridgehead atoms. The van der Waals surface area contributed by atoms with E-state index in [0.717, 1.165) is 4.57 Å². The molecule has 0 aromatic carbocycles. The van der Waals surface area contributed by atoms with Gasteiger partial charge in [0.05, 0.1) is 6.54 Å². The monoisotopic (exact) mass is 398 g/mol. The predicted molar refractivity (Wildman–Crippen MR) is 101 cm³/mol. The summed E-state index contributed by atoms with van der Waals surface area (Å²) in [5.74, 6) is -0.673. The molecule has 1 N–H and O–H groups in total. The number of likely N-dealkylation sites (N-methyl/N-ethyl adjacent to an activating group) is 1. The number of nitrogens with zero attached hydrogens (tertiary/aromatic N) is 5. The molecule has 0 saturated carbocycles. The number of rotatable bonds is 6. The molecule has 2 amide bonds. The molecule has 2 aromatic rings. The summed E-state index contributed by atoms with van der Waals surface area (Å²) in [5.41, 5.74) is -0.983. The molecule has 2 aromatic heterocycles. The van der Waals surface area contributed by atoms with Gasteiger partial charge in [-0.25, -0.2) is 4.79 Å². The second-order valence-electron chi connectivity index (χ2n) is 6.48. The number of carbonyl (C=O) groups is 2. The SMILES string of the molecule is CCN(CC(=O)NC(C)C)C(=O)Cn1c(Cl)nc2c1c(=O)n(C)c(=O)n2C. The zero-order valence-electron chi connectivity index (χ0n) is 15.9. The number of hydrogen-bond acceptors (Lipinski definition) is 5. The Bertz CT molecular complexity index is 1000. The number of hydrogen-bond donors (Lipinski definition) is 1. The summed E-state index contributed by atoms with van der Waals surface area (Å²) in [7, 11) is 2.81. The molecule has 0 saturated heterocycles. The quantitative estimate of drug-likeness (QED) is 0.657. The Hall–Kier alpha value is -2.62. The molecule has 0 aliphatic rings. The lowest BCUT2D eigenvalue weighted by molar-refractivity contribution is -0.136. The maximum Gasteiger partial charge on any atom is 0.332 e. The average molecular weight is 399 g/mol. The van der Waals surface area contributed by atoms with Crippen LogP contribution in [0.25, 0.3) is 11.2 Å². The first-order chi connectivity index (χ1) is 12.6. The molecule has 2 heterocycles. The van der Waals surface area contributed by atoms with Gasteiger partial charge in [-0.1, -0.05) is 0 Å². The summed E-state index contributed by atoms with van der Waals surface area (Å²) < 4.78 is 3.37. The van der Waals surface area contributed by atoms with Crippen LogP contribution >= 0.6 is 11.6 Å². The smallest absolute Gasteiger partial charge is 0.332 e. The lowest BCUT2D eigenvalue weighted by Gasteiger charge is -2.21. The van der Waals surface area contributed by atoms with Crippen molar-refractivity contribution in [3.05, 3.63) is 26.1 Å². The maximum absolute atomic E-state index is 12.7. The van der Waals surface area contributed by atoms with E-state index in [4.69, 9.17) is 11.6 Å². The molecule has 27 heavy (non-hydrogen) atoms. The number of halogens is 1. The Morgan fingerprint density at radius 1 is 1.22 bits per heavy atom. The number of nitrogens with one attached hydrogen (secondary N) is 1. The zero-order chi connectivity index (χ0) is 20.5. The average Bonchev–Trinajstić information content (AvgIpc) is 2.92. The highest BCUT2D eigenvalue weighted by Gasteiger charge is 2.22. The van der Waals surface area contributed by atoms with Crippen molar-refractivity contribution in [1.82, 2.24) is 28.9 Å². The molecular weight excluding hydrogens is 376 g/mol. The van der Waals surface area contributed by atoms with Crippen LogP contribution in [0.1, 0.15) is 20.8 Å². The van der Waals surface area contributed by atoms with Gasteiger partial charge >= 0.3 is 5.69 Å². The van der Waals surface area contributed by atoms with Crippen LogP contribution in [0.2, 0.25) is 5.28 Å². The fourth-order valence-corrected chi connectivity index (χ4v) is 2.94. The van der Waals surface area contributed by atoms with Gasteiger partial charge in [-0.15, -0.1) is 0 Å². The Labute approximate surface area is 160 Å². The van der Waals surface area contributed by atoms with Crippen LogP contribution < -0.4 is 16.6 Å². The number of carbonyl (C=O) groups excluding carboxylic acids is 2. The third-order valence-corrected chi connectivity index (χ3v) is 4.40. The van der Waals surface area contributed by atoms with Gasteiger partial charge in [-0.05, 0) is 32.4 Å². The number of aromatic nitrogens is 4. The molecule has 2 rings (SSSR count). The van der Waals surface area contributed by atoms with Crippen molar-refractivity contribution in [3.8, 4) is 0 Å². The second kappa shape index (κ2) is 7.95. The highest BCUT2D eigenvalue weighted by atomic mass is 35.5. The molecule has 0 radical (unpaired) electrons. The van der Waals surface area contributed by atoms with E-state index < -0.39 is 17.2 Å². The van der Waals surface area contributed by atoms with Crippen molar-refractivity contribution >= 4 is 34.6 Å². The zero-order valence-corrected chi connectivity index (χ0v) is 16.7. The molecule has 148 valence electrons. The molecule has 10 nitrogen and oxygen atoms in total. The van der Waals surface area contributed by atoms with Gasteiger partial charge in [0.2, 0.25) is 17.1 Å². The Morgan fingerprint density at radius 2 is 1.85 bits per heavy atom. The highest BCUT2D eigenvalue weighted by molar-refractivity contribution is 6.29. The van der Waals surface area contributed by atoms with Gasteiger partial charge in [0.15, 0.2) is 11.2 Å². The minimum absolute atomic E-state index is 0.0392. The van der Waals surface area contributed by atoms with Gasteiger partial charge in [0, 0.05) is 26.7 Å². The van der Waals surface area contributed by atoms with Crippen molar-refractivity contribution in [1.29, 1.82) is 0 Å². The molecule has 11 heteroatoms. The van der Waals surface area contributed by atoms with E-state index in [-0.39, 0.29) is 41.5 Å². The van der Waals surface area contributed by atoms with Gasteiger partial charge < -0.3 is 10.2 Å². The molecule has 0 fully saturated rings. The van der Waals surface area contributed by atoms with Crippen LogP contribution in [-0.4, -0.2) is 54.5 Å². The van der Waals surface area contributed by atoms with Crippen LogP contribution in [-0.2, 0) is 30.2 Å². The topological polar surface area (TPSA) is 111 Å². The number of fused-ring (bicyclic) bond motifs is 1. The van der Waals surface area contributed by atoms with Crippen molar-refractivity contribution in [2.45, 2.75) is 33.4 Å². The first kappa shape index (κ1) is 20.7. The molecule has 0 spiro atoms. The normalized spacial score (nSPS) is 11.2. The first-order valence-corrected chi connectivity index (χ1v) is 8.85. The van der Waals surface area contributed by atoms with Gasteiger partial charge in [-0.2, -0.15) is 4.98 Å². The predicted octanol–water partition coefficient (Wildman–Crippen LogP) is -0.540. The van der Waals surface area contributed by atoms with Crippen molar-refractivity contribution in [2.24, 2.45) is 14.1 Å². The van der Waals surface area contributed by atoms with Crippen LogP contribution in [0.5, 0.6) is 0 Å². The van der Waals surface area contributed by atoms with E-state index in [0.29, 0.717) is 6.54 Å². The Kier molecular flexibility index (Phi) is 6.09. The minimum Gasteiger partial charge on any atom is -0.352 e. The molecule has 0 atom stereocenters. The van der Waals surface area contributed by atoms with Gasteiger partial charge in [0.25, 0.3) is 5.56 Å². The lowest BCUT2D eigenvalue weighted by Crippen LogP contribution is -2.44. The van der Waals surface area contributed by atoms with E-state index in [9.17, 15) is 19.2 Å². The molecule has 0 aliphatic heterocycles. The third kappa shape index (κ3) is 4.05. The van der Waals surface area contributed by atoms with Crippen LogP contribution in [0, 0.1) is 0 Å². The highest BCUT2D eigenvalue weighted by Crippen LogP contribution is 2.15. The van der Waals surface area contributed by atoms with Crippen molar-refractivity contribution in [2.75, 3.05) is 13.1 Å². The van der Waals surface area contributed by atoms with Gasteiger partial charge in [0.1, 0.15) is 6.54 Å². The standard InChI is InChI=1S/C16H23ClN6O4/c1-6-22(7-10(24)18-9(2)3)11(25)8-23-12-13(19-15(23)17)20(4)16(27)21(5)14(12)26/h9H,6-8H2,1-5H3,(H,18,24). The number of aryl methyl sites for hydroxylation is 1. The summed E-state index contributed by atoms with van der Waals surface area (Å²) in [4.78, 5) is 54.5. The summed E-state index contributed by atoms with van der Waals surface area (Å²) >= 11 is 6.12. The number of imidazole rings is 1. The molecular formula is C16H23ClN6O4. The van der Waals surface area contributed by atoms with Crippen molar-refractivity contribution in [3.63, 3.8) is 0 Å². The summed E-state index contributed by atoms with van der Waals surface area (Å²) in [5, 5.41) is 2.64. The fourth-order valence-electron chi connectivity index (χ4n) is 2.72. The minimum atomic E-state index is -0.596. The third-order valence-electron chi connectivity index (χ3n) is 4.11. The lowest BCUT2D eigenvalue weighted by atomic mass is 10.3. The second-order valence-corrected chi connectivity index (χ2v) is 6.81. The summed E-state index contributed by atoms with van der Waals surface area (Å²) in [6.07, 6.45) is 0. The van der Waals surface area contributed by atoms with Crippen LogP contribution in [0.3, 0.4) is 0 Å². The van der Waals surface area contributed by atoms with E-state index >= 15 is 0 Å². The largest absolute Gasteiger partial charge is 0.352 e. The first-order valence-electron chi connectivity index (χ1n) is 8.47. The van der Waals surface area contributed by atoms with Crippen molar-refractivity contribution < 1.29 is 9.59 Å². The summed E-state index contributed by atoms with van der Waals surface area (Å²) in [6.45, 7) is 5.34. The Morgan fingerprint density at radius 3 is 2.41 bits per heavy atom. The Balaban J connectivity index is 2.39. The van der Waals surface area contributed by atoms with Crippen LogP contribution in [0.15, 0.2) is 9.59 Å². The molecule has 0 unspecified atom stereocenters. The van der Waals surface area contributed by atoms with E-state index in [2.05, 4.69) is 10.3 Å². The van der Waals surface area contributed by atoms with E-state index in [1.807, 2.05) is 13.8 Å². The maximum atomic E-state index is 12.7. The molecule has 0 aliphatic carbocycles. The van der Waals surface area contributed by atoms with Gasteiger partial charge in [-0.3, -0.25) is 28.1 Å².